The first-order chi connectivity index (χ1) is 3.91. The first-order valence-electron chi connectivity index (χ1n) is 2.96. The summed E-state index contributed by atoms with van der Waals surface area (Å²) in [6.45, 7) is 3.21. The molecule has 0 unspecified atom stereocenters. The quantitative estimate of drug-likeness (QED) is 0.465. The van der Waals surface area contributed by atoms with Gasteiger partial charge in [0.1, 0.15) is 0 Å². The summed E-state index contributed by atoms with van der Waals surface area (Å²) in [4.78, 5) is 0. The number of ether oxygens (including phenoxy) is 2. The summed E-state index contributed by atoms with van der Waals surface area (Å²) in [5.41, 5.74) is 0.453. The fraction of sp³-hybridized carbons (Fsp3) is 0.833. The van der Waals surface area contributed by atoms with Crippen molar-refractivity contribution in [3.05, 3.63) is 6.79 Å². The Bertz CT molecular complexity index is 88.7. The molecule has 1 aliphatic carbocycles. The van der Waals surface area contributed by atoms with Gasteiger partial charge in [0.15, 0.2) is 0 Å². The van der Waals surface area contributed by atoms with Crippen LogP contribution in [0.1, 0.15) is 12.8 Å². The summed E-state index contributed by atoms with van der Waals surface area (Å²) in [5, 5.41) is 0. The molecule has 0 atom stereocenters. The van der Waals surface area contributed by atoms with Gasteiger partial charge < -0.3 is 9.47 Å². The van der Waals surface area contributed by atoms with Gasteiger partial charge in [-0.15, -0.1) is 0 Å². The van der Waals surface area contributed by atoms with Crippen LogP contribution in [0.3, 0.4) is 0 Å². The van der Waals surface area contributed by atoms with Gasteiger partial charge in [0, 0.05) is 5.41 Å². The first kappa shape index (κ1) is 4.77. The molecule has 1 saturated carbocycles. The molecule has 0 aromatic heterocycles. The molecule has 2 fully saturated rings. The number of hydrogen-bond acceptors (Lipinski definition) is 2. The SMILES string of the molecule is [CH]1OCC2(CC2)CO1. The van der Waals surface area contributed by atoms with Crippen molar-refractivity contribution in [2.45, 2.75) is 12.8 Å². The summed E-state index contributed by atoms with van der Waals surface area (Å²) >= 11 is 0. The predicted molar refractivity (Wildman–Crippen MR) is 27.9 cm³/mol. The standard InChI is InChI=1S/C6H9O2/c1-2-6(1)3-7-5-8-4-6/h5H,1-4H2. The lowest BCUT2D eigenvalue weighted by Crippen LogP contribution is -2.22. The molecule has 2 nitrogen and oxygen atoms in total. The van der Waals surface area contributed by atoms with Gasteiger partial charge in [-0.2, -0.15) is 0 Å². The van der Waals surface area contributed by atoms with E-state index < -0.39 is 0 Å². The summed E-state index contributed by atoms with van der Waals surface area (Å²) < 4.78 is 10.0. The van der Waals surface area contributed by atoms with Gasteiger partial charge in [0.05, 0.1) is 13.2 Å². The highest BCUT2D eigenvalue weighted by atomic mass is 16.7. The van der Waals surface area contributed by atoms with Crippen LogP contribution in [0.15, 0.2) is 0 Å². The third-order valence-corrected chi connectivity index (χ3v) is 1.87. The van der Waals surface area contributed by atoms with Crippen LogP contribution in [0.4, 0.5) is 0 Å². The molecule has 2 aliphatic rings. The minimum atomic E-state index is 0.453. The fourth-order valence-electron chi connectivity index (χ4n) is 0.977. The van der Waals surface area contributed by atoms with Gasteiger partial charge in [0.2, 0.25) is 6.79 Å². The molecule has 1 heterocycles. The van der Waals surface area contributed by atoms with E-state index in [1.54, 1.807) is 0 Å². The van der Waals surface area contributed by atoms with E-state index in [4.69, 9.17) is 9.47 Å². The molecule has 0 amide bonds. The molecular weight excluding hydrogens is 104 g/mol. The van der Waals surface area contributed by atoms with Crippen molar-refractivity contribution < 1.29 is 9.47 Å². The molecule has 1 saturated heterocycles. The Kier molecular flexibility index (Phi) is 0.866. The van der Waals surface area contributed by atoms with Crippen molar-refractivity contribution >= 4 is 0 Å². The van der Waals surface area contributed by atoms with Crippen molar-refractivity contribution in [1.29, 1.82) is 0 Å². The number of hydrogen-bond donors (Lipinski definition) is 0. The maximum Gasteiger partial charge on any atom is 0.209 e. The molecule has 2 heteroatoms. The van der Waals surface area contributed by atoms with Crippen LogP contribution >= 0.6 is 0 Å². The van der Waals surface area contributed by atoms with E-state index in [2.05, 4.69) is 0 Å². The largest absolute Gasteiger partial charge is 0.347 e. The van der Waals surface area contributed by atoms with Gasteiger partial charge >= 0.3 is 0 Å². The second-order valence-electron chi connectivity index (χ2n) is 2.72. The van der Waals surface area contributed by atoms with Gasteiger partial charge in [0.25, 0.3) is 0 Å². The predicted octanol–water partition coefficient (Wildman–Crippen LogP) is 0.933. The zero-order valence-electron chi connectivity index (χ0n) is 4.72. The second-order valence-corrected chi connectivity index (χ2v) is 2.72. The fourth-order valence-corrected chi connectivity index (χ4v) is 0.977. The summed E-state index contributed by atoms with van der Waals surface area (Å²) in [7, 11) is 0. The van der Waals surface area contributed by atoms with E-state index in [0.717, 1.165) is 13.2 Å². The van der Waals surface area contributed by atoms with E-state index in [1.165, 1.54) is 19.6 Å². The zero-order chi connectivity index (χ0) is 5.45. The minimum absolute atomic E-state index is 0.453. The number of rotatable bonds is 0. The lowest BCUT2D eigenvalue weighted by Gasteiger charge is -2.19. The van der Waals surface area contributed by atoms with Crippen LogP contribution in [0.25, 0.3) is 0 Å². The smallest absolute Gasteiger partial charge is 0.209 e. The van der Waals surface area contributed by atoms with Gasteiger partial charge in [-0.3, -0.25) is 0 Å². The molecular formula is C6H9O2. The molecule has 45 valence electrons. The zero-order valence-corrected chi connectivity index (χ0v) is 4.72. The summed E-state index contributed by atoms with van der Waals surface area (Å²) in [5.74, 6) is 0. The molecule has 0 bridgehead atoms. The molecule has 2 rings (SSSR count). The molecule has 1 spiro atoms. The Morgan fingerprint density at radius 3 is 2.12 bits per heavy atom. The van der Waals surface area contributed by atoms with Gasteiger partial charge in [-0.1, -0.05) is 0 Å². The Morgan fingerprint density at radius 1 is 1.12 bits per heavy atom. The molecule has 1 aliphatic heterocycles. The van der Waals surface area contributed by atoms with Gasteiger partial charge in [-0.05, 0) is 12.8 Å². The Morgan fingerprint density at radius 2 is 1.75 bits per heavy atom. The van der Waals surface area contributed by atoms with Crippen molar-refractivity contribution in [3.8, 4) is 0 Å². The Hall–Kier alpha value is -0.0800. The second kappa shape index (κ2) is 1.45. The van der Waals surface area contributed by atoms with Crippen molar-refractivity contribution in [2.24, 2.45) is 5.41 Å². The lowest BCUT2D eigenvalue weighted by atomic mass is 10.1. The molecule has 8 heavy (non-hydrogen) atoms. The summed E-state index contributed by atoms with van der Waals surface area (Å²) in [6, 6.07) is 0. The van der Waals surface area contributed by atoms with Crippen LogP contribution < -0.4 is 0 Å². The van der Waals surface area contributed by atoms with Crippen molar-refractivity contribution in [2.75, 3.05) is 13.2 Å². The average Bonchev–Trinajstić information content (AvgIpc) is 2.52. The third kappa shape index (κ3) is 0.644. The third-order valence-electron chi connectivity index (χ3n) is 1.87. The van der Waals surface area contributed by atoms with Crippen LogP contribution in [0.5, 0.6) is 0 Å². The molecule has 0 N–H and O–H groups in total. The van der Waals surface area contributed by atoms with Crippen molar-refractivity contribution in [3.63, 3.8) is 0 Å². The Labute approximate surface area is 48.8 Å². The van der Waals surface area contributed by atoms with E-state index in [1.807, 2.05) is 0 Å². The van der Waals surface area contributed by atoms with E-state index >= 15 is 0 Å². The van der Waals surface area contributed by atoms with E-state index in [-0.39, 0.29) is 0 Å². The molecule has 0 aromatic rings. The van der Waals surface area contributed by atoms with Crippen molar-refractivity contribution in [1.82, 2.24) is 0 Å². The van der Waals surface area contributed by atoms with E-state index in [0.29, 0.717) is 5.41 Å². The van der Waals surface area contributed by atoms with Gasteiger partial charge in [-0.25, -0.2) is 0 Å². The highest BCUT2D eigenvalue weighted by Gasteiger charge is 2.45. The molecule has 1 radical (unpaired) electrons. The minimum Gasteiger partial charge on any atom is -0.347 e. The normalized spacial score (nSPS) is 33.0. The van der Waals surface area contributed by atoms with Crippen LogP contribution in [-0.2, 0) is 9.47 Å². The maximum absolute atomic E-state index is 5.00. The highest BCUT2D eigenvalue weighted by Crippen LogP contribution is 2.47. The average molecular weight is 113 g/mol. The maximum atomic E-state index is 5.00. The monoisotopic (exact) mass is 113 g/mol. The first-order valence-corrected chi connectivity index (χ1v) is 2.96. The highest BCUT2D eigenvalue weighted by molar-refractivity contribution is 4.94. The van der Waals surface area contributed by atoms with E-state index in [9.17, 15) is 0 Å². The topological polar surface area (TPSA) is 18.5 Å². The van der Waals surface area contributed by atoms with Crippen LogP contribution in [0.2, 0.25) is 0 Å². The Balaban J connectivity index is 1.95. The van der Waals surface area contributed by atoms with Crippen LogP contribution in [0, 0.1) is 12.2 Å². The van der Waals surface area contributed by atoms with Crippen LogP contribution in [-0.4, -0.2) is 13.2 Å². The lowest BCUT2D eigenvalue weighted by molar-refractivity contribution is -0.0727. The molecule has 0 aromatic carbocycles. The summed E-state index contributed by atoms with van der Waals surface area (Å²) in [6.07, 6.45) is 2.58.